The summed E-state index contributed by atoms with van der Waals surface area (Å²) in [5, 5.41) is 2.67. The Labute approximate surface area is 156 Å². The first-order valence-electron chi connectivity index (χ1n) is 7.42. The highest BCUT2D eigenvalue weighted by molar-refractivity contribution is 9.10. The van der Waals surface area contributed by atoms with E-state index in [2.05, 4.69) is 36.2 Å². The molecule has 0 spiro atoms. The van der Waals surface area contributed by atoms with Gasteiger partial charge in [-0.1, -0.05) is 17.7 Å². The van der Waals surface area contributed by atoms with Crippen molar-refractivity contribution < 1.29 is 4.79 Å². The lowest BCUT2D eigenvalue weighted by Crippen LogP contribution is -2.27. The summed E-state index contributed by atoms with van der Waals surface area (Å²) < 4.78 is 2.96. The number of anilines is 2. The van der Waals surface area contributed by atoms with Gasteiger partial charge in [-0.25, -0.2) is 15.0 Å². The van der Waals surface area contributed by atoms with Gasteiger partial charge in [0.15, 0.2) is 22.5 Å². The first-order valence-corrected chi connectivity index (χ1v) is 8.59. The predicted molar refractivity (Wildman–Crippen MR) is 100 cm³/mol. The van der Waals surface area contributed by atoms with Crippen LogP contribution in [0.5, 0.6) is 0 Å². The van der Waals surface area contributed by atoms with Crippen molar-refractivity contribution in [2.24, 2.45) is 0 Å². The standard InChI is InChI=1S/C15H15BrClN7O/c1-2-24-9(21-8-5-3-4-7(16)11(8)24)6-20-15(25)10-13(18)23-14(19)12(17)22-10/h3-5H,2,6H2,1H3,(H,20,25)(H4,18,19,23). The molecule has 3 aromatic rings. The number of amides is 1. The van der Waals surface area contributed by atoms with E-state index >= 15 is 0 Å². The molecule has 0 saturated heterocycles. The maximum absolute atomic E-state index is 12.3. The average Bonchev–Trinajstić information content (AvgIpc) is 2.95. The van der Waals surface area contributed by atoms with Crippen molar-refractivity contribution in [2.45, 2.75) is 20.0 Å². The summed E-state index contributed by atoms with van der Waals surface area (Å²) in [5.74, 6) is 0.117. The van der Waals surface area contributed by atoms with Crippen LogP contribution in [0.4, 0.5) is 11.6 Å². The van der Waals surface area contributed by atoms with Gasteiger partial charge in [-0.05, 0) is 35.0 Å². The highest BCUT2D eigenvalue weighted by Gasteiger charge is 2.17. The van der Waals surface area contributed by atoms with E-state index < -0.39 is 5.91 Å². The second-order valence-corrected chi connectivity index (χ2v) is 6.41. The summed E-state index contributed by atoms with van der Waals surface area (Å²) in [4.78, 5) is 24.6. The van der Waals surface area contributed by atoms with Crippen LogP contribution in [0, 0.1) is 0 Å². The highest BCUT2D eigenvalue weighted by Crippen LogP contribution is 2.25. The molecule has 25 heavy (non-hydrogen) atoms. The number of rotatable bonds is 4. The Balaban J connectivity index is 1.87. The number of aromatic nitrogens is 4. The minimum absolute atomic E-state index is 0.0201. The van der Waals surface area contributed by atoms with E-state index in [1.807, 2.05) is 29.7 Å². The minimum Gasteiger partial charge on any atom is -0.382 e. The third kappa shape index (κ3) is 3.24. The maximum atomic E-state index is 12.3. The molecule has 0 fully saturated rings. The molecule has 0 unspecified atom stereocenters. The van der Waals surface area contributed by atoms with Gasteiger partial charge in [0.2, 0.25) is 0 Å². The summed E-state index contributed by atoms with van der Waals surface area (Å²) >= 11 is 9.34. The van der Waals surface area contributed by atoms with Gasteiger partial charge in [0, 0.05) is 11.0 Å². The van der Waals surface area contributed by atoms with Gasteiger partial charge in [0.1, 0.15) is 5.82 Å². The number of hydrogen-bond acceptors (Lipinski definition) is 6. The Morgan fingerprint density at radius 2 is 2.04 bits per heavy atom. The van der Waals surface area contributed by atoms with Crippen LogP contribution in [0.3, 0.4) is 0 Å². The lowest BCUT2D eigenvalue weighted by atomic mass is 10.3. The van der Waals surface area contributed by atoms with Crippen LogP contribution in [0.2, 0.25) is 5.15 Å². The number of nitrogen functional groups attached to an aromatic ring is 2. The lowest BCUT2D eigenvalue weighted by molar-refractivity contribution is 0.0945. The number of carbonyl (C=O) groups is 1. The van der Waals surface area contributed by atoms with Crippen LogP contribution in [-0.2, 0) is 13.1 Å². The Kier molecular flexibility index (Phi) is 4.78. The molecule has 0 bridgehead atoms. The first kappa shape index (κ1) is 17.4. The van der Waals surface area contributed by atoms with E-state index in [0.29, 0.717) is 12.4 Å². The Bertz CT molecular complexity index is 972. The summed E-state index contributed by atoms with van der Waals surface area (Å²) in [7, 11) is 0. The van der Waals surface area contributed by atoms with E-state index in [9.17, 15) is 4.79 Å². The van der Waals surface area contributed by atoms with Crippen LogP contribution in [0.15, 0.2) is 22.7 Å². The predicted octanol–water partition coefficient (Wildman–Crippen LogP) is 2.36. The van der Waals surface area contributed by atoms with Gasteiger partial charge >= 0.3 is 0 Å². The van der Waals surface area contributed by atoms with Gasteiger partial charge < -0.3 is 21.4 Å². The van der Waals surface area contributed by atoms with Crippen molar-refractivity contribution in [3.05, 3.63) is 39.3 Å². The number of carbonyl (C=O) groups excluding carboxylic acids is 1. The van der Waals surface area contributed by atoms with Crippen molar-refractivity contribution >= 4 is 56.1 Å². The molecule has 0 atom stereocenters. The molecule has 8 nitrogen and oxygen atoms in total. The van der Waals surface area contributed by atoms with E-state index in [-0.39, 0.29) is 29.0 Å². The number of hydrogen-bond donors (Lipinski definition) is 3. The SMILES string of the molecule is CCn1c(CNC(=O)c2nc(Cl)c(N)nc2N)nc2cccc(Br)c21. The molecule has 0 aliphatic rings. The largest absolute Gasteiger partial charge is 0.382 e. The van der Waals surface area contributed by atoms with Crippen LogP contribution >= 0.6 is 27.5 Å². The molecule has 3 rings (SSSR count). The third-order valence-electron chi connectivity index (χ3n) is 3.64. The molecule has 2 heterocycles. The summed E-state index contributed by atoms with van der Waals surface area (Å²) in [6, 6.07) is 5.78. The number of para-hydroxylation sites is 1. The molecular formula is C15H15BrClN7O. The Morgan fingerprint density at radius 1 is 1.28 bits per heavy atom. The van der Waals surface area contributed by atoms with Gasteiger partial charge in [0.05, 0.1) is 17.6 Å². The van der Waals surface area contributed by atoms with Crippen molar-refractivity contribution in [1.29, 1.82) is 0 Å². The summed E-state index contributed by atoms with van der Waals surface area (Å²) in [5.41, 5.74) is 13.0. The zero-order valence-electron chi connectivity index (χ0n) is 13.3. The molecule has 0 aliphatic heterocycles. The van der Waals surface area contributed by atoms with Gasteiger partial charge in [0.25, 0.3) is 5.91 Å². The second-order valence-electron chi connectivity index (χ2n) is 5.20. The van der Waals surface area contributed by atoms with Crippen molar-refractivity contribution in [3.8, 4) is 0 Å². The zero-order chi connectivity index (χ0) is 18.1. The van der Waals surface area contributed by atoms with Gasteiger partial charge in [-0.2, -0.15) is 0 Å². The van der Waals surface area contributed by atoms with Crippen molar-refractivity contribution in [2.75, 3.05) is 11.5 Å². The minimum atomic E-state index is -0.499. The molecule has 5 N–H and O–H groups in total. The molecule has 1 amide bonds. The molecule has 130 valence electrons. The molecule has 0 saturated carbocycles. The monoisotopic (exact) mass is 423 g/mol. The topological polar surface area (TPSA) is 125 Å². The summed E-state index contributed by atoms with van der Waals surface area (Å²) in [6.07, 6.45) is 0. The van der Waals surface area contributed by atoms with Crippen LogP contribution in [0.1, 0.15) is 23.2 Å². The van der Waals surface area contributed by atoms with Crippen molar-refractivity contribution in [3.63, 3.8) is 0 Å². The lowest BCUT2D eigenvalue weighted by Gasteiger charge is -2.09. The Hall–Kier alpha value is -2.39. The fourth-order valence-corrected chi connectivity index (χ4v) is 3.21. The van der Waals surface area contributed by atoms with E-state index in [1.165, 1.54) is 0 Å². The number of halogens is 2. The van der Waals surface area contributed by atoms with Crippen LogP contribution in [-0.4, -0.2) is 25.4 Å². The Morgan fingerprint density at radius 3 is 2.76 bits per heavy atom. The number of nitrogens with one attached hydrogen (secondary N) is 1. The molecule has 0 aliphatic carbocycles. The smallest absolute Gasteiger partial charge is 0.274 e. The second kappa shape index (κ2) is 6.85. The number of nitrogens with two attached hydrogens (primary N) is 2. The van der Waals surface area contributed by atoms with Crippen LogP contribution < -0.4 is 16.8 Å². The molecule has 0 radical (unpaired) electrons. The molecule has 2 aromatic heterocycles. The number of aryl methyl sites for hydroxylation is 1. The molecule has 1 aromatic carbocycles. The number of fused-ring (bicyclic) bond motifs is 1. The first-order chi connectivity index (χ1) is 11.9. The quantitative estimate of drug-likeness (QED) is 0.590. The number of benzene rings is 1. The summed E-state index contributed by atoms with van der Waals surface area (Å²) in [6.45, 7) is 2.92. The average molecular weight is 425 g/mol. The molecular weight excluding hydrogens is 410 g/mol. The van der Waals surface area contributed by atoms with Gasteiger partial charge in [-0.3, -0.25) is 4.79 Å². The zero-order valence-corrected chi connectivity index (χ0v) is 15.6. The van der Waals surface area contributed by atoms with Crippen molar-refractivity contribution in [1.82, 2.24) is 24.8 Å². The van der Waals surface area contributed by atoms with E-state index in [0.717, 1.165) is 15.5 Å². The number of nitrogens with zero attached hydrogens (tertiary/aromatic N) is 4. The fourth-order valence-electron chi connectivity index (χ4n) is 2.52. The third-order valence-corrected chi connectivity index (χ3v) is 4.56. The van der Waals surface area contributed by atoms with Crippen LogP contribution in [0.25, 0.3) is 11.0 Å². The molecule has 10 heteroatoms. The normalized spacial score (nSPS) is 11.0. The fraction of sp³-hybridized carbons (Fsp3) is 0.200. The maximum Gasteiger partial charge on any atom is 0.274 e. The van der Waals surface area contributed by atoms with E-state index in [1.54, 1.807) is 0 Å². The number of imidazole rings is 1. The van der Waals surface area contributed by atoms with Gasteiger partial charge in [-0.15, -0.1) is 0 Å². The highest BCUT2D eigenvalue weighted by atomic mass is 79.9. The van der Waals surface area contributed by atoms with E-state index in [4.69, 9.17) is 23.1 Å².